The molecule has 2 rings (SSSR count). The smallest absolute Gasteiger partial charge is 0.331 e. The first-order valence-electron chi connectivity index (χ1n) is 6.48. The Bertz CT molecular complexity index is 705. The van der Waals surface area contributed by atoms with Crippen molar-refractivity contribution in [2.45, 2.75) is 6.61 Å². The van der Waals surface area contributed by atoms with Gasteiger partial charge in [-0.15, -0.1) is 0 Å². The maximum Gasteiger partial charge on any atom is 0.331 e. The van der Waals surface area contributed by atoms with E-state index < -0.39 is 11.8 Å². The Kier molecular flexibility index (Phi) is 5.49. The normalized spacial score (nSPS) is 10.6. The first-order chi connectivity index (χ1) is 10.6. The third kappa shape index (κ3) is 4.56. The van der Waals surface area contributed by atoms with Gasteiger partial charge in [-0.05, 0) is 35.9 Å². The Morgan fingerprint density at radius 2 is 1.73 bits per heavy atom. The lowest BCUT2D eigenvalue weighted by atomic mass is 10.1. The summed E-state index contributed by atoms with van der Waals surface area (Å²) in [7, 11) is 0. The Hall–Kier alpha value is -2.40. The zero-order valence-corrected chi connectivity index (χ0v) is 13.1. The van der Waals surface area contributed by atoms with Crippen LogP contribution in [0, 0.1) is 0 Å². The van der Waals surface area contributed by atoms with Gasteiger partial charge in [0.2, 0.25) is 0 Å². The second-order valence-electron chi connectivity index (χ2n) is 4.45. The van der Waals surface area contributed by atoms with Gasteiger partial charge in [0.05, 0.1) is 5.56 Å². The van der Waals surface area contributed by atoms with Crippen molar-refractivity contribution in [3.05, 3.63) is 76.3 Å². The van der Waals surface area contributed by atoms with Gasteiger partial charge in [-0.2, -0.15) is 0 Å². The molecule has 0 atom stereocenters. The minimum atomic E-state index is -0.619. The number of aromatic hydroxyl groups is 1. The van der Waals surface area contributed by atoms with E-state index in [1.165, 1.54) is 12.1 Å². The SMILES string of the molecule is O=C(/C=C/C(=O)c1ccccc1O)OCc1ccc(Br)cc1. The number of esters is 1. The summed E-state index contributed by atoms with van der Waals surface area (Å²) in [6.07, 6.45) is 2.13. The van der Waals surface area contributed by atoms with Crippen LogP contribution in [0.5, 0.6) is 5.75 Å². The number of phenolic OH excluding ortho intramolecular Hbond substituents is 1. The van der Waals surface area contributed by atoms with E-state index in [1.807, 2.05) is 24.3 Å². The molecule has 2 aromatic rings. The second kappa shape index (κ2) is 7.56. The summed E-state index contributed by atoms with van der Waals surface area (Å²) in [5, 5.41) is 9.55. The van der Waals surface area contributed by atoms with Gasteiger partial charge in [0, 0.05) is 10.5 Å². The van der Waals surface area contributed by atoms with E-state index in [4.69, 9.17) is 4.74 Å². The molecule has 22 heavy (non-hydrogen) atoms. The number of rotatable bonds is 5. The highest BCUT2D eigenvalue weighted by Crippen LogP contribution is 2.16. The largest absolute Gasteiger partial charge is 0.507 e. The molecule has 4 nitrogen and oxygen atoms in total. The molecule has 0 saturated carbocycles. The average molecular weight is 361 g/mol. The molecule has 0 spiro atoms. The standard InChI is InChI=1S/C17H13BrO4/c18-13-7-5-12(6-8-13)11-22-17(21)10-9-16(20)14-3-1-2-4-15(14)19/h1-10,19H,11H2/b10-9+. The average Bonchev–Trinajstić information content (AvgIpc) is 2.52. The number of allylic oxidation sites excluding steroid dienone is 1. The van der Waals surface area contributed by atoms with Crippen molar-refractivity contribution in [3.8, 4) is 5.75 Å². The first-order valence-corrected chi connectivity index (χ1v) is 7.27. The van der Waals surface area contributed by atoms with Crippen molar-refractivity contribution >= 4 is 27.7 Å². The van der Waals surface area contributed by atoms with Crippen LogP contribution in [-0.4, -0.2) is 16.9 Å². The summed E-state index contributed by atoms with van der Waals surface area (Å²) in [6.45, 7) is 0.126. The molecule has 5 heteroatoms. The van der Waals surface area contributed by atoms with Crippen LogP contribution in [-0.2, 0) is 16.1 Å². The monoisotopic (exact) mass is 360 g/mol. The maximum atomic E-state index is 11.8. The fourth-order valence-corrected chi connectivity index (χ4v) is 1.96. The van der Waals surface area contributed by atoms with Crippen molar-refractivity contribution in [2.24, 2.45) is 0 Å². The van der Waals surface area contributed by atoms with Gasteiger partial charge in [-0.1, -0.05) is 40.2 Å². The van der Waals surface area contributed by atoms with Crippen molar-refractivity contribution in [1.29, 1.82) is 0 Å². The molecular formula is C17H13BrO4. The van der Waals surface area contributed by atoms with E-state index in [0.717, 1.165) is 22.2 Å². The number of ether oxygens (including phenoxy) is 1. The van der Waals surface area contributed by atoms with E-state index in [0.29, 0.717) is 0 Å². The fourth-order valence-electron chi connectivity index (χ4n) is 1.70. The van der Waals surface area contributed by atoms with Crippen LogP contribution in [0.3, 0.4) is 0 Å². The molecule has 0 bridgehead atoms. The van der Waals surface area contributed by atoms with Gasteiger partial charge < -0.3 is 9.84 Å². The minimum Gasteiger partial charge on any atom is -0.507 e. The van der Waals surface area contributed by atoms with Crippen molar-refractivity contribution in [2.75, 3.05) is 0 Å². The summed E-state index contributed by atoms with van der Waals surface area (Å²) in [4.78, 5) is 23.4. The molecule has 1 N–H and O–H groups in total. The van der Waals surface area contributed by atoms with Crippen LogP contribution in [0.2, 0.25) is 0 Å². The number of hydrogen-bond donors (Lipinski definition) is 1. The van der Waals surface area contributed by atoms with Gasteiger partial charge in [-0.3, -0.25) is 4.79 Å². The highest BCUT2D eigenvalue weighted by atomic mass is 79.9. The molecule has 0 unspecified atom stereocenters. The summed E-state index contributed by atoms with van der Waals surface area (Å²) >= 11 is 3.32. The van der Waals surface area contributed by atoms with E-state index in [1.54, 1.807) is 12.1 Å². The lowest BCUT2D eigenvalue weighted by Crippen LogP contribution is -2.02. The number of carbonyl (C=O) groups is 2. The predicted octanol–water partition coefficient (Wildman–Crippen LogP) is 3.64. The predicted molar refractivity (Wildman–Crippen MR) is 85.5 cm³/mol. The zero-order chi connectivity index (χ0) is 15.9. The van der Waals surface area contributed by atoms with E-state index in [2.05, 4.69) is 15.9 Å². The summed E-state index contributed by atoms with van der Waals surface area (Å²) in [5.74, 6) is -1.20. The number of halogens is 1. The molecule has 0 radical (unpaired) electrons. The molecule has 0 amide bonds. The molecule has 0 saturated heterocycles. The van der Waals surface area contributed by atoms with E-state index >= 15 is 0 Å². The van der Waals surface area contributed by atoms with Crippen molar-refractivity contribution < 1.29 is 19.4 Å². The highest BCUT2D eigenvalue weighted by molar-refractivity contribution is 9.10. The molecule has 0 fully saturated rings. The quantitative estimate of drug-likeness (QED) is 0.502. The van der Waals surface area contributed by atoms with Crippen LogP contribution in [0.1, 0.15) is 15.9 Å². The Morgan fingerprint density at radius 1 is 1.05 bits per heavy atom. The first kappa shape index (κ1) is 16.0. The van der Waals surface area contributed by atoms with Gasteiger partial charge in [0.1, 0.15) is 12.4 Å². The third-order valence-electron chi connectivity index (χ3n) is 2.83. The highest BCUT2D eigenvalue weighted by Gasteiger charge is 2.07. The van der Waals surface area contributed by atoms with E-state index in [-0.39, 0.29) is 17.9 Å². The molecule has 0 aliphatic rings. The zero-order valence-electron chi connectivity index (χ0n) is 11.5. The van der Waals surface area contributed by atoms with Gasteiger partial charge in [-0.25, -0.2) is 4.79 Å². The molecule has 112 valence electrons. The lowest BCUT2D eigenvalue weighted by Gasteiger charge is -2.02. The van der Waals surface area contributed by atoms with Gasteiger partial charge >= 0.3 is 5.97 Å². The second-order valence-corrected chi connectivity index (χ2v) is 5.36. The fraction of sp³-hybridized carbons (Fsp3) is 0.0588. The number of para-hydroxylation sites is 1. The summed E-state index contributed by atoms with van der Waals surface area (Å²) in [5.41, 5.74) is 0.983. The molecule has 2 aromatic carbocycles. The lowest BCUT2D eigenvalue weighted by molar-refractivity contribution is -0.139. The van der Waals surface area contributed by atoms with Crippen molar-refractivity contribution in [1.82, 2.24) is 0 Å². The molecule has 0 aromatic heterocycles. The molecular weight excluding hydrogens is 348 g/mol. The van der Waals surface area contributed by atoms with Crippen LogP contribution >= 0.6 is 15.9 Å². The molecule has 0 aliphatic heterocycles. The van der Waals surface area contributed by atoms with Gasteiger partial charge in [0.15, 0.2) is 5.78 Å². The van der Waals surface area contributed by atoms with Crippen molar-refractivity contribution in [3.63, 3.8) is 0 Å². The number of carbonyl (C=O) groups excluding carboxylic acids is 2. The number of ketones is 1. The number of hydrogen-bond acceptors (Lipinski definition) is 4. The summed E-state index contributed by atoms with van der Waals surface area (Å²) < 4.78 is 5.97. The number of benzene rings is 2. The maximum absolute atomic E-state index is 11.8. The van der Waals surface area contributed by atoms with Gasteiger partial charge in [0.25, 0.3) is 0 Å². The van der Waals surface area contributed by atoms with Crippen LogP contribution in [0.15, 0.2) is 65.2 Å². The molecule has 0 aliphatic carbocycles. The Morgan fingerprint density at radius 3 is 2.41 bits per heavy atom. The van der Waals surface area contributed by atoms with Crippen LogP contribution in [0.25, 0.3) is 0 Å². The number of phenols is 1. The minimum absolute atomic E-state index is 0.125. The summed E-state index contributed by atoms with van der Waals surface area (Å²) in [6, 6.07) is 13.5. The van der Waals surface area contributed by atoms with E-state index in [9.17, 15) is 14.7 Å². The third-order valence-corrected chi connectivity index (χ3v) is 3.36. The Labute approximate surface area is 136 Å². The van der Waals surface area contributed by atoms with Crippen LogP contribution < -0.4 is 0 Å². The topological polar surface area (TPSA) is 63.6 Å². The molecule has 0 heterocycles. The van der Waals surface area contributed by atoms with Crippen LogP contribution in [0.4, 0.5) is 0 Å². The Balaban J connectivity index is 1.90.